The first-order valence-corrected chi connectivity index (χ1v) is 8.43. The Morgan fingerprint density at radius 1 is 1.24 bits per heavy atom. The van der Waals surface area contributed by atoms with E-state index in [0.717, 1.165) is 0 Å². The van der Waals surface area contributed by atoms with Gasteiger partial charge in [-0.2, -0.15) is 5.10 Å². The Kier molecular flexibility index (Phi) is 6.52. The van der Waals surface area contributed by atoms with Gasteiger partial charge in [0, 0.05) is 30.6 Å². The molecule has 0 spiro atoms. The normalized spacial score (nSPS) is 12.0. The molecule has 2 amide bonds. The minimum atomic E-state index is -0.625. The van der Waals surface area contributed by atoms with Crippen molar-refractivity contribution in [2.45, 2.75) is 26.3 Å². The summed E-state index contributed by atoms with van der Waals surface area (Å²) in [4.78, 5) is 28.8. The van der Waals surface area contributed by atoms with Crippen molar-refractivity contribution in [3.8, 4) is 0 Å². The molecule has 0 aliphatic heterocycles. The average Bonchev–Trinajstić information content (AvgIpc) is 2.98. The lowest BCUT2D eigenvalue weighted by molar-refractivity contribution is -0.123. The number of amides is 2. The Hall–Kier alpha value is -2.41. The van der Waals surface area contributed by atoms with Crippen molar-refractivity contribution in [3.05, 3.63) is 47.0 Å². The van der Waals surface area contributed by atoms with E-state index in [1.807, 2.05) is 13.8 Å². The van der Waals surface area contributed by atoms with Crippen LogP contribution < -0.4 is 10.6 Å². The monoisotopic (exact) mass is 363 g/mol. The lowest BCUT2D eigenvalue weighted by Crippen LogP contribution is -2.50. The number of hydrogen-bond donors (Lipinski definition) is 2. The maximum atomic E-state index is 12.4. The molecule has 0 aliphatic rings. The summed E-state index contributed by atoms with van der Waals surface area (Å²) in [5.74, 6) is 0.0727. The number of aryl methyl sites for hydroxylation is 1. The van der Waals surface area contributed by atoms with Crippen molar-refractivity contribution >= 4 is 23.4 Å². The number of rotatable bonds is 7. The molecule has 7 nitrogen and oxygen atoms in total. The molecule has 0 fully saturated rings. The van der Waals surface area contributed by atoms with Gasteiger partial charge >= 0.3 is 0 Å². The van der Waals surface area contributed by atoms with Gasteiger partial charge in [0.25, 0.3) is 5.91 Å². The lowest BCUT2D eigenvalue weighted by Gasteiger charge is -2.21. The highest BCUT2D eigenvalue weighted by atomic mass is 35.5. The Labute approximate surface area is 151 Å². The van der Waals surface area contributed by atoms with E-state index in [4.69, 9.17) is 11.6 Å². The van der Waals surface area contributed by atoms with Gasteiger partial charge in [0.05, 0.1) is 0 Å². The molecule has 0 radical (unpaired) electrons. The van der Waals surface area contributed by atoms with Gasteiger partial charge in [0.1, 0.15) is 12.4 Å². The molecule has 0 saturated heterocycles. The molecular formula is C17H22ClN5O2. The van der Waals surface area contributed by atoms with Gasteiger partial charge in [-0.3, -0.25) is 14.3 Å². The third-order valence-electron chi connectivity index (χ3n) is 3.64. The second-order valence-corrected chi connectivity index (χ2v) is 6.51. The summed E-state index contributed by atoms with van der Waals surface area (Å²) in [7, 11) is 1.79. The van der Waals surface area contributed by atoms with E-state index >= 15 is 0 Å². The quantitative estimate of drug-likeness (QED) is 0.781. The van der Waals surface area contributed by atoms with Crippen LogP contribution in [0.2, 0.25) is 5.02 Å². The van der Waals surface area contributed by atoms with Crippen molar-refractivity contribution in [1.82, 2.24) is 25.4 Å². The zero-order chi connectivity index (χ0) is 18.4. The topological polar surface area (TPSA) is 88.9 Å². The Balaban J connectivity index is 1.91. The second kappa shape index (κ2) is 8.62. The van der Waals surface area contributed by atoms with Crippen LogP contribution in [0.5, 0.6) is 0 Å². The maximum absolute atomic E-state index is 12.4. The number of nitrogens with one attached hydrogen (secondary N) is 2. The summed E-state index contributed by atoms with van der Waals surface area (Å²) in [5, 5.41) is 10.3. The Bertz CT molecular complexity index is 727. The number of carbonyl (C=O) groups excluding carboxylic acids is 2. The maximum Gasteiger partial charge on any atom is 0.251 e. The van der Waals surface area contributed by atoms with Crippen LogP contribution in [0.25, 0.3) is 0 Å². The van der Waals surface area contributed by atoms with Crippen molar-refractivity contribution < 1.29 is 9.59 Å². The summed E-state index contributed by atoms with van der Waals surface area (Å²) in [5.41, 5.74) is 0.459. The molecule has 0 unspecified atom stereocenters. The molecule has 2 N–H and O–H groups in total. The van der Waals surface area contributed by atoms with E-state index in [-0.39, 0.29) is 17.7 Å². The highest BCUT2D eigenvalue weighted by Crippen LogP contribution is 2.10. The van der Waals surface area contributed by atoms with E-state index in [1.54, 1.807) is 42.3 Å². The number of nitrogens with zero attached hydrogens (tertiary/aromatic N) is 3. The molecule has 1 aromatic heterocycles. The molecular weight excluding hydrogens is 342 g/mol. The Morgan fingerprint density at radius 3 is 2.48 bits per heavy atom. The largest absolute Gasteiger partial charge is 0.354 e. The Morgan fingerprint density at radius 2 is 1.92 bits per heavy atom. The van der Waals surface area contributed by atoms with Crippen molar-refractivity contribution in [1.29, 1.82) is 0 Å². The summed E-state index contributed by atoms with van der Waals surface area (Å²) < 4.78 is 1.61. The summed E-state index contributed by atoms with van der Waals surface area (Å²) in [6.07, 6.45) is 2.14. The zero-order valence-corrected chi connectivity index (χ0v) is 15.2. The van der Waals surface area contributed by atoms with Gasteiger partial charge in [0.2, 0.25) is 5.91 Å². The van der Waals surface area contributed by atoms with E-state index in [9.17, 15) is 9.59 Å². The van der Waals surface area contributed by atoms with Gasteiger partial charge in [0.15, 0.2) is 5.82 Å². The molecule has 0 aliphatic carbocycles. The number of halogens is 1. The fourth-order valence-electron chi connectivity index (χ4n) is 2.27. The lowest BCUT2D eigenvalue weighted by atomic mass is 10.0. The molecule has 1 aromatic carbocycles. The molecule has 2 rings (SSSR count). The minimum absolute atomic E-state index is 0.0516. The van der Waals surface area contributed by atoms with E-state index < -0.39 is 6.04 Å². The minimum Gasteiger partial charge on any atom is -0.354 e. The number of hydrogen-bond acceptors (Lipinski definition) is 4. The van der Waals surface area contributed by atoms with Gasteiger partial charge in [-0.05, 0) is 30.2 Å². The summed E-state index contributed by atoms with van der Waals surface area (Å²) in [6.45, 7) is 4.17. The number of benzene rings is 1. The van der Waals surface area contributed by atoms with Crippen molar-refractivity contribution in [3.63, 3.8) is 0 Å². The van der Waals surface area contributed by atoms with Crippen LogP contribution in [0.1, 0.15) is 30.0 Å². The first-order chi connectivity index (χ1) is 11.9. The molecule has 8 heteroatoms. The zero-order valence-electron chi connectivity index (χ0n) is 14.5. The predicted molar refractivity (Wildman–Crippen MR) is 95.3 cm³/mol. The van der Waals surface area contributed by atoms with E-state index in [1.165, 1.54) is 0 Å². The second-order valence-electron chi connectivity index (χ2n) is 6.08. The molecule has 1 heterocycles. The van der Waals surface area contributed by atoms with Crippen LogP contribution in [0.4, 0.5) is 0 Å². The first kappa shape index (κ1) is 18.9. The molecule has 134 valence electrons. The van der Waals surface area contributed by atoms with Crippen LogP contribution in [0, 0.1) is 5.92 Å². The first-order valence-electron chi connectivity index (χ1n) is 8.05. The molecule has 1 atom stereocenters. The summed E-state index contributed by atoms with van der Waals surface area (Å²) in [6, 6.07) is 5.90. The summed E-state index contributed by atoms with van der Waals surface area (Å²) >= 11 is 5.82. The van der Waals surface area contributed by atoms with Crippen LogP contribution >= 0.6 is 11.6 Å². The molecule has 0 bridgehead atoms. The van der Waals surface area contributed by atoms with E-state index in [0.29, 0.717) is 29.4 Å². The highest BCUT2D eigenvalue weighted by Gasteiger charge is 2.24. The van der Waals surface area contributed by atoms with Gasteiger partial charge in [-0.1, -0.05) is 25.4 Å². The van der Waals surface area contributed by atoms with Crippen molar-refractivity contribution in [2.75, 3.05) is 6.54 Å². The van der Waals surface area contributed by atoms with E-state index in [2.05, 4.69) is 20.7 Å². The number of aromatic nitrogens is 3. The van der Waals surface area contributed by atoms with Crippen LogP contribution in [0.15, 0.2) is 30.6 Å². The smallest absolute Gasteiger partial charge is 0.251 e. The van der Waals surface area contributed by atoms with Crippen LogP contribution in [-0.2, 0) is 18.3 Å². The highest BCUT2D eigenvalue weighted by molar-refractivity contribution is 6.30. The third kappa shape index (κ3) is 5.56. The van der Waals surface area contributed by atoms with Gasteiger partial charge < -0.3 is 10.6 Å². The van der Waals surface area contributed by atoms with Crippen LogP contribution in [-0.4, -0.2) is 39.2 Å². The predicted octanol–water partition coefficient (Wildman–Crippen LogP) is 1.58. The van der Waals surface area contributed by atoms with Crippen LogP contribution in [0.3, 0.4) is 0 Å². The third-order valence-corrected chi connectivity index (χ3v) is 3.89. The van der Waals surface area contributed by atoms with Gasteiger partial charge in [-0.15, -0.1) is 0 Å². The molecule has 25 heavy (non-hydrogen) atoms. The average molecular weight is 364 g/mol. The van der Waals surface area contributed by atoms with Crippen molar-refractivity contribution in [2.24, 2.45) is 13.0 Å². The SMILES string of the molecule is CC(C)[C@@H](NC(=O)c1ccc(Cl)cc1)C(=O)NCCc1ncn(C)n1. The number of carbonyl (C=O) groups is 2. The molecule has 2 aromatic rings. The fourth-order valence-corrected chi connectivity index (χ4v) is 2.39. The standard InChI is InChI=1S/C17H22ClN5O2/c1-11(2)15(21-16(24)12-4-6-13(18)7-5-12)17(25)19-9-8-14-20-10-23(3)22-14/h4-7,10-11,15H,8-9H2,1-3H3,(H,19,25)(H,21,24)/t15-/m1/s1. The fraction of sp³-hybridized carbons (Fsp3) is 0.412. The van der Waals surface area contributed by atoms with Gasteiger partial charge in [-0.25, -0.2) is 4.98 Å². The molecule has 0 saturated carbocycles.